The number of Topliss-reactive ketones (excluding diaryl/α,β-unsaturated/α-hetero) is 4. The zero-order chi connectivity index (χ0) is 27.0. The molecule has 2 fully saturated rings. The summed E-state index contributed by atoms with van der Waals surface area (Å²) < 4.78 is 0. The van der Waals surface area contributed by atoms with E-state index in [1.165, 1.54) is 37.5 Å². The van der Waals surface area contributed by atoms with E-state index in [-0.39, 0.29) is 24.2 Å². The molecule has 2 aromatic rings. The van der Waals surface area contributed by atoms with Gasteiger partial charge >= 0.3 is 0 Å². The highest BCUT2D eigenvalue weighted by Crippen LogP contribution is 2.52. The molecule has 1 aromatic carbocycles. The first-order valence-corrected chi connectivity index (χ1v) is 12.1. The van der Waals surface area contributed by atoms with Gasteiger partial charge in [-0.1, -0.05) is 17.7 Å². The number of rotatable bonds is 3. The third kappa shape index (κ3) is 3.39. The number of carbonyl (C=O) groups excluding carboxylic acids is 5. The van der Waals surface area contributed by atoms with Crippen molar-refractivity contribution in [2.45, 2.75) is 24.5 Å². The van der Waals surface area contributed by atoms with Crippen molar-refractivity contribution in [3.63, 3.8) is 0 Å². The number of amides is 1. The Kier molecular flexibility index (Phi) is 5.82. The molecule has 37 heavy (non-hydrogen) atoms. The van der Waals surface area contributed by atoms with Crippen LogP contribution in [0.25, 0.3) is 11.1 Å². The van der Waals surface area contributed by atoms with Crippen molar-refractivity contribution >= 4 is 40.6 Å². The molecule has 3 aliphatic rings. The van der Waals surface area contributed by atoms with Crippen LogP contribution in [0.15, 0.2) is 30.6 Å². The highest BCUT2D eigenvalue weighted by molar-refractivity contribution is 6.34. The van der Waals surface area contributed by atoms with E-state index in [9.17, 15) is 34.2 Å². The third-order valence-electron chi connectivity index (χ3n) is 8.01. The fourth-order valence-corrected chi connectivity index (χ4v) is 6.67. The van der Waals surface area contributed by atoms with E-state index in [1.807, 2.05) is 0 Å². The van der Waals surface area contributed by atoms with E-state index < -0.39 is 64.4 Å². The summed E-state index contributed by atoms with van der Waals surface area (Å²) in [5.41, 5.74) is 4.12. The van der Waals surface area contributed by atoms with Gasteiger partial charge in [-0.15, -0.1) is 0 Å². The van der Waals surface area contributed by atoms with Crippen LogP contribution in [0.5, 0.6) is 5.75 Å². The van der Waals surface area contributed by atoms with E-state index in [4.69, 9.17) is 17.3 Å². The smallest absolute Gasteiger partial charge is 0.235 e. The SMILES string of the molecule is CN(C)C1C(=O)C(C(N)=O)C(=O)C2(O)C(=O)C3C(=O)c4c(O)ccc(-c5ccncc5Cl)c4CC3CC12. The van der Waals surface area contributed by atoms with Gasteiger partial charge < -0.3 is 15.9 Å². The Bertz CT molecular complexity index is 1410. The van der Waals surface area contributed by atoms with Gasteiger partial charge in [0, 0.05) is 23.9 Å². The van der Waals surface area contributed by atoms with E-state index in [2.05, 4.69) is 4.98 Å². The highest BCUT2D eigenvalue weighted by Gasteiger charge is 2.69. The molecule has 6 atom stereocenters. The summed E-state index contributed by atoms with van der Waals surface area (Å²) in [7, 11) is 3.08. The van der Waals surface area contributed by atoms with Gasteiger partial charge in [0.25, 0.3) is 0 Å². The first-order chi connectivity index (χ1) is 17.4. The van der Waals surface area contributed by atoms with Crippen LogP contribution < -0.4 is 5.73 Å². The minimum Gasteiger partial charge on any atom is -0.507 e. The second kappa shape index (κ2) is 8.54. The van der Waals surface area contributed by atoms with Gasteiger partial charge in [0.2, 0.25) is 5.91 Å². The van der Waals surface area contributed by atoms with Gasteiger partial charge in [0.15, 0.2) is 34.7 Å². The molecule has 6 unspecified atom stereocenters. The minimum absolute atomic E-state index is 0.0247. The monoisotopic (exact) mass is 525 g/mol. The third-order valence-corrected chi connectivity index (χ3v) is 8.31. The van der Waals surface area contributed by atoms with Crippen LogP contribution in [0.3, 0.4) is 0 Å². The fraction of sp³-hybridized carbons (Fsp3) is 0.385. The lowest BCUT2D eigenvalue weighted by Crippen LogP contribution is -2.74. The maximum absolute atomic E-state index is 13.8. The number of aromatic nitrogens is 1. The second-order valence-corrected chi connectivity index (χ2v) is 10.5. The number of hydrogen-bond acceptors (Lipinski definition) is 9. The van der Waals surface area contributed by atoms with Gasteiger partial charge in [-0.2, -0.15) is 0 Å². The highest BCUT2D eigenvalue weighted by atomic mass is 35.5. The van der Waals surface area contributed by atoms with Crippen LogP contribution >= 0.6 is 11.6 Å². The average Bonchev–Trinajstić information content (AvgIpc) is 2.82. The van der Waals surface area contributed by atoms with Gasteiger partial charge in [0.05, 0.1) is 22.5 Å². The molecule has 1 amide bonds. The number of primary amides is 1. The molecule has 1 aromatic heterocycles. The van der Waals surface area contributed by atoms with E-state index >= 15 is 0 Å². The summed E-state index contributed by atoms with van der Waals surface area (Å²) in [5, 5.41) is 22.6. The van der Waals surface area contributed by atoms with Crippen LogP contribution in [-0.4, -0.2) is 74.9 Å². The van der Waals surface area contributed by atoms with Gasteiger partial charge in [-0.25, -0.2) is 0 Å². The summed E-state index contributed by atoms with van der Waals surface area (Å²) in [6, 6.07) is 3.46. The Balaban J connectivity index is 1.67. The van der Waals surface area contributed by atoms with Crippen LogP contribution in [0.2, 0.25) is 5.02 Å². The molecule has 11 heteroatoms. The number of likely N-dealkylation sites (N-methyl/N-ethyl adjacent to an activating group) is 1. The van der Waals surface area contributed by atoms with Crippen molar-refractivity contribution in [2.24, 2.45) is 29.4 Å². The predicted molar refractivity (Wildman–Crippen MR) is 130 cm³/mol. The largest absolute Gasteiger partial charge is 0.507 e. The molecule has 0 saturated heterocycles. The number of fused-ring (bicyclic) bond motifs is 3. The van der Waals surface area contributed by atoms with Gasteiger partial charge in [-0.3, -0.25) is 33.9 Å². The number of halogens is 1. The maximum Gasteiger partial charge on any atom is 0.235 e. The zero-order valence-electron chi connectivity index (χ0n) is 20.0. The minimum atomic E-state index is -2.75. The number of aliphatic hydroxyl groups is 1. The number of aromatic hydroxyl groups is 1. The molecule has 5 rings (SSSR count). The lowest BCUT2D eigenvalue weighted by atomic mass is 9.52. The molecule has 2 saturated carbocycles. The van der Waals surface area contributed by atoms with Crippen LogP contribution in [0, 0.1) is 23.7 Å². The van der Waals surface area contributed by atoms with Crippen LogP contribution in [0.1, 0.15) is 22.3 Å². The van der Waals surface area contributed by atoms with Gasteiger partial charge in [-0.05, 0) is 56.1 Å². The Hall–Kier alpha value is -3.47. The first-order valence-electron chi connectivity index (χ1n) is 11.7. The Morgan fingerprint density at radius 1 is 1.14 bits per heavy atom. The Labute approximate surface area is 216 Å². The lowest BCUT2D eigenvalue weighted by molar-refractivity contribution is -0.181. The molecular formula is C26H24ClN3O7. The number of nitrogens with two attached hydrogens (primary N) is 1. The van der Waals surface area contributed by atoms with Crippen molar-refractivity contribution in [1.29, 1.82) is 0 Å². The molecule has 4 N–H and O–H groups in total. The Morgan fingerprint density at radius 3 is 2.46 bits per heavy atom. The summed E-state index contributed by atoms with van der Waals surface area (Å²) >= 11 is 6.36. The normalized spacial score (nSPS) is 31.1. The molecule has 0 spiro atoms. The topological polar surface area (TPSA) is 168 Å². The number of phenolic OH excluding ortho intramolecular Hbond substituents is 1. The fourth-order valence-electron chi connectivity index (χ4n) is 6.45. The standard InChI is InChI=1S/C26H24ClN3O7/c1-30(2)20-14-8-10-7-13-11(12-5-6-29-9-15(12)27)3-4-16(31)18(13)21(32)17(10)23(34)26(14,37)24(35)19(22(20)33)25(28)36/h3-6,9-10,14,17,19-20,31,37H,7-8H2,1-2H3,(H2,28,36). The number of benzene rings is 1. The van der Waals surface area contributed by atoms with Crippen LogP contribution in [0.4, 0.5) is 0 Å². The number of carbonyl (C=O) groups is 5. The van der Waals surface area contributed by atoms with Crippen molar-refractivity contribution < 1.29 is 34.2 Å². The zero-order valence-corrected chi connectivity index (χ0v) is 20.7. The summed E-state index contributed by atoms with van der Waals surface area (Å²) in [5.74, 6) is -10.8. The molecule has 3 aliphatic carbocycles. The first kappa shape index (κ1) is 25.2. The van der Waals surface area contributed by atoms with E-state index in [0.717, 1.165) is 0 Å². The van der Waals surface area contributed by atoms with Crippen molar-refractivity contribution in [2.75, 3.05) is 14.1 Å². The lowest BCUT2D eigenvalue weighted by Gasteiger charge is -2.52. The molecule has 192 valence electrons. The summed E-state index contributed by atoms with van der Waals surface area (Å²) in [6.07, 6.45) is 3.11. The number of pyridine rings is 1. The van der Waals surface area contributed by atoms with Crippen molar-refractivity contribution in [3.8, 4) is 16.9 Å². The van der Waals surface area contributed by atoms with Gasteiger partial charge in [0.1, 0.15) is 5.75 Å². The number of hydrogen-bond donors (Lipinski definition) is 3. The van der Waals surface area contributed by atoms with Crippen molar-refractivity contribution in [1.82, 2.24) is 9.88 Å². The predicted octanol–water partition coefficient (Wildman–Crippen LogP) is 0.582. The quantitative estimate of drug-likeness (QED) is 0.485. The van der Waals surface area contributed by atoms with E-state index in [0.29, 0.717) is 21.7 Å². The molecular weight excluding hydrogens is 502 g/mol. The Morgan fingerprint density at radius 2 is 1.84 bits per heavy atom. The maximum atomic E-state index is 13.8. The number of phenols is 1. The number of nitrogens with zero attached hydrogens (tertiary/aromatic N) is 2. The van der Waals surface area contributed by atoms with Crippen LogP contribution in [-0.2, 0) is 25.6 Å². The van der Waals surface area contributed by atoms with E-state index in [1.54, 1.807) is 12.1 Å². The molecule has 0 aliphatic heterocycles. The molecule has 0 radical (unpaired) electrons. The second-order valence-electron chi connectivity index (χ2n) is 10.1. The molecule has 0 bridgehead atoms. The molecule has 1 heterocycles. The molecule has 10 nitrogen and oxygen atoms in total. The average molecular weight is 526 g/mol. The summed E-state index contributed by atoms with van der Waals surface area (Å²) in [6.45, 7) is 0. The van der Waals surface area contributed by atoms with Crippen molar-refractivity contribution in [3.05, 3.63) is 46.7 Å². The summed E-state index contributed by atoms with van der Waals surface area (Å²) in [4.78, 5) is 71.5. The number of ketones is 4.